The van der Waals surface area contributed by atoms with E-state index in [1.54, 1.807) is 0 Å². The molecule has 2 aromatic heterocycles. The van der Waals surface area contributed by atoms with Gasteiger partial charge >= 0.3 is 0 Å². The number of aromatic nitrogens is 4. The lowest BCUT2D eigenvalue weighted by molar-refractivity contribution is 0.103. The first-order valence-electron chi connectivity index (χ1n) is 12.8. The molecule has 5 nitrogen and oxygen atoms in total. The summed E-state index contributed by atoms with van der Waals surface area (Å²) in [6, 6.07) is 35.8. The van der Waals surface area contributed by atoms with Crippen molar-refractivity contribution in [3.8, 4) is 33.9 Å². The van der Waals surface area contributed by atoms with Crippen LogP contribution in [0.4, 0.5) is 0 Å². The van der Waals surface area contributed by atoms with Crippen molar-refractivity contribution in [2.24, 2.45) is 0 Å². The van der Waals surface area contributed by atoms with Crippen LogP contribution in [0.25, 0.3) is 33.9 Å². The Labute approximate surface area is 249 Å². The molecule has 0 fully saturated rings. The van der Waals surface area contributed by atoms with Gasteiger partial charge < -0.3 is 0 Å². The maximum absolute atomic E-state index is 14.8. The van der Waals surface area contributed by atoms with Crippen LogP contribution in [0.1, 0.15) is 27.3 Å². The maximum Gasteiger partial charge on any atom is 0.201 e. The summed E-state index contributed by atoms with van der Waals surface area (Å²) < 4.78 is 5.67. The molecule has 4 aromatic carbocycles. The molecule has 0 atom stereocenters. The number of rotatable bonds is 6. The van der Waals surface area contributed by atoms with Crippen molar-refractivity contribution < 1.29 is 4.79 Å². The highest BCUT2D eigenvalue weighted by atomic mass is 79.9. The van der Waals surface area contributed by atoms with Gasteiger partial charge in [-0.25, -0.2) is 9.36 Å². The Hall–Kier alpha value is -4.07. The Balaban J connectivity index is 1.61. The number of hydrogen-bond acceptors (Lipinski definition) is 3. The number of nitrogens with zero attached hydrogens (tertiary/aromatic N) is 4. The molecule has 7 heteroatoms. The van der Waals surface area contributed by atoms with E-state index in [0.29, 0.717) is 22.5 Å². The molecule has 196 valence electrons. The molecular formula is C33H24Br2N4O. The molecule has 0 bridgehead atoms. The van der Waals surface area contributed by atoms with E-state index >= 15 is 0 Å². The van der Waals surface area contributed by atoms with Gasteiger partial charge in [-0.3, -0.25) is 4.79 Å². The summed E-state index contributed by atoms with van der Waals surface area (Å²) in [5, 5.41) is 9.78. The molecule has 0 amide bonds. The number of halogens is 2. The van der Waals surface area contributed by atoms with Crippen molar-refractivity contribution in [2.45, 2.75) is 13.8 Å². The van der Waals surface area contributed by atoms with Crippen LogP contribution in [0.5, 0.6) is 0 Å². The summed E-state index contributed by atoms with van der Waals surface area (Å²) in [6.45, 7) is 3.79. The number of carbonyl (C=O) groups excluding carboxylic acids is 1. The SMILES string of the molecule is Cc1nn(-c2ccc(Br)cc2)c(-c2ccccc2)c1C(=O)c1c(C)nn(-c2ccc(Br)cc2)c1-c1ccccc1. The number of ketones is 1. The zero-order valence-corrected chi connectivity index (χ0v) is 25.0. The third-order valence-electron chi connectivity index (χ3n) is 6.81. The molecule has 0 radical (unpaired) electrons. The Kier molecular flexibility index (Phi) is 7.09. The first kappa shape index (κ1) is 26.2. The molecule has 6 rings (SSSR count). The summed E-state index contributed by atoms with van der Waals surface area (Å²) >= 11 is 7.05. The maximum atomic E-state index is 14.8. The van der Waals surface area contributed by atoms with Crippen LogP contribution in [-0.4, -0.2) is 25.3 Å². The fraction of sp³-hybridized carbons (Fsp3) is 0.0606. The second kappa shape index (κ2) is 10.8. The number of benzene rings is 4. The number of hydrogen-bond donors (Lipinski definition) is 0. The molecule has 0 N–H and O–H groups in total. The summed E-state index contributed by atoms with van der Waals surface area (Å²) in [7, 11) is 0. The minimum atomic E-state index is -0.112. The van der Waals surface area contributed by atoms with E-state index in [4.69, 9.17) is 10.2 Å². The van der Waals surface area contributed by atoms with E-state index in [0.717, 1.165) is 42.8 Å². The Morgan fingerprint density at radius 1 is 0.550 bits per heavy atom. The van der Waals surface area contributed by atoms with E-state index in [2.05, 4.69) is 31.9 Å². The Morgan fingerprint density at radius 2 is 0.900 bits per heavy atom. The first-order valence-corrected chi connectivity index (χ1v) is 14.4. The van der Waals surface area contributed by atoms with Crippen LogP contribution in [0.15, 0.2) is 118 Å². The van der Waals surface area contributed by atoms with Gasteiger partial charge in [-0.15, -0.1) is 0 Å². The van der Waals surface area contributed by atoms with Gasteiger partial charge in [0.05, 0.1) is 45.3 Å². The Bertz CT molecular complexity index is 1690. The lowest BCUT2D eigenvalue weighted by atomic mass is 9.94. The molecule has 0 aliphatic heterocycles. The smallest absolute Gasteiger partial charge is 0.201 e. The monoisotopic (exact) mass is 650 g/mol. The van der Waals surface area contributed by atoms with Crippen LogP contribution >= 0.6 is 31.9 Å². The van der Waals surface area contributed by atoms with Crippen LogP contribution in [-0.2, 0) is 0 Å². The van der Waals surface area contributed by atoms with Crippen molar-refractivity contribution in [2.75, 3.05) is 0 Å². The van der Waals surface area contributed by atoms with E-state index in [1.807, 2.05) is 132 Å². The van der Waals surface area contributed by atoms with E-state index in [-0.39, 0.29) is 5.78 Å². The fourth-order valence-electron chi connectivity index (χ4n) is 4.99. The molecular weight excluding hydrogens is 628 g/mol. The van der Waals surface area contributed by atoms with Crippen LogP contribution in [0.3, 0.4) is 0 Å². The van der Waals surface area contributed by atoms with Crippen molar-refractivity contribution >= 4 is 37.6 Å². The second-order valence-corrected chi connectivity index (χ2v) is 11.3. The molecule has 0 unspecified atom stereocenters. The van der Waals surface area contributed by atoms with Crippen LogP contribution in [0.2, 0.25) is 0 Å². The molecule has 2 heterocycles. The van der Waals surface area contributed by atoms with Crippen molar-refractivity contribution in [1.29, 1.82) is 0 Å². The van der Waals surface area contributed by atoms with Gasteiger partial charge in [-0.2, -0.15) is 10.2 Å². The number of aryl methyl sites for hydroxylation is 2. The topological polar surface area (TPSA) is 52.7 Å². The number of carbonyl (C=O) groups is 1. The van der Waals surface area contributed by atoms with Gasteiger partial charge in [0.1, 0.15) is 0 Å². The Morgan fingerprint density at radius 3 is 1.25 bits per heavy atom. The van der Waals surface area contributed by atoms with Gasteiger partial charge in [0.15, 0.2) is 0 Å². The van der Waals surface area contributed by atoms with Gasteiger partial charge in [-0.05, 0) is 62.4 Å². The largest absolute Gasteiger partial charge is 0.288 e. The average Bonchev–Trinajstić information content (AvgIpc) is 3.51. The quantitative estimate of drug-likeness (QED) is 0.169. The van der Waals surface area contributed by atoms with Gasteiger partial charge in [0, 0.05) is 20.1 Å². The van der Waals surface area contributed by atoms with Crippen molar-refractivity contribution in [1.82, 2.24) is 19.6 Å². The van der Waals surface area contributed by atoms with Crippen LogP contribution in [0, 0.1) is 13.8 Å². The molecule has 0 aliphatic carbocycles. The molecule has 0 spiro atoms. The minimum Gasteiger partial charge on any atom is -0.288 e. The van der Waals surface area contributed by atoms with Crippen molar-refractivity contribution in [3.63, 3.8) is 0 Å². The van der Waals surface area contributed by atoms with E-state index < -0.39 is 0 Å². The molecule has 0 saturated heterocycles. The zero-order valence-electron chi connectivity index (χ0n) is 21.8. The molecule has 6 aromatic rings. The third-order valence-corrected chi connectivity index (χ3v) is 7.87. The van der Waals surface area contributed by atoms with Crippen molar-refractivity contribution in [3.05, 3.63) is 141 Å². The van der Waals surface area contributed by atoms with Gasteiger partial charge in [0.2, 0.25) is 5.78 Å². The molecule has 0 saturated carbocycles. The normalized spacial score (nSPS) is 11.1. The summed E-state index contributed by atoms with van der Waals surface area (Å²) in [4.78, 5) is 14.8. The fourth-order valence-corrected chi connectivity index (χ4v) is 5.52. The average molecular weight is 652 g/mol. The molecule has 40 heavy (non-hydrogen) atoms. The summed E-state index contributed by atoms with van der Waals surface area (Å²) in [6.07, 6.45) is 0. The highest BCUT2D eigenvalue weighted by molar-refractivity contribution is 9.10. The predicted molar refractivity (Wildman–Crippen MR) is 166 cm³/mol. The summed E-state index contributed by atoms with van der Waals surface area (Å²) in [5.74, 6) is -0.112. The van der Waals surface area contributed by atoms with Crippen LogP contribution < -0.4 is 0 Å². The van der Waals surface area contributed by atoms with Gasteiger partial charge in [-0.1, -0.05) is 92.5 Å². The van der Waals surface area contributed by atoms with E-state index in [9.17, 15) is 4.79 Å². The van der Waals surface area contributed by atoms with Gasteiger partial charge in [0.25, 0.3) is 0 Å². The first-order chi connectivity index (χ1) is 19.4. The summed E-state index contributed by atoms with van der Waals surface area (Å²) in [5.41, 5.74) is 7.49. The predicted octanol–water partition coefficient (Wildman–Crippen LogP) is 8.76. The van der Waals surface area contributed by atoms with E-state index in [1.165, 1.54) is 0 Å². The minimum absolute atomic E-state index is 0.112. The zero-order chi connectivity index (χ0) is 27.8. The lowest BCUT2D eigenvalue weighted by Crippen LogP contribution is -2.08. The lowest BCUT2D eigenvalue weighted by Gasteiger charge is -2.12. The second-order valence-electron chi connectivity index (χ2n) is 9.46. The highest BCUT2D eigenvalue weighted by Gasteiger charge is 2.30. The highest BCUT2D eigenvalue weighted by Crippen LogP contribution is 2.36. The molecule has 0 aliphatic rings. The third kappa shape index (κ3) is 4.76. The standard InChI is InChI=1S/C33H24Br2N4O/c1-21-29(31(23-9-5-3-6-10-23)38(36-21)27-17-13-25(34)14-18-27)33(40)30-22(2)37-39(28-19-15-26(35)16-20-28)32(30)24-11-7-4-8-12-24/h3-20H,1-2H3.